The number of nitrogens with one attached hydrogen (secondary N) is 4. The van der Waals surface area contributed by atoms with Crippen LogP contribution in [0.5, 0.6) is 0 Å². The zero-order valence-electron chi connectivity index (χ0n) is 19.9. The zero-order chi connectivity index (χ0) is 25.5. The van der Waals surface area contributed by atoms with Crippen molar-refractivity contribution in [2.24, 2.45) is 5.92 Å². The number of aliphatic hydroxyl groups excluding tert-OH is 1. The first-order valence-electron chi connectivity index (χ1n) is 11.8. The summed E-state index contributed by atoms with van der Waals surface area (Å²) in [5.74, 6) is 1.84. The number of anilines is 4. The van der Waals surface area contributed by atoms with E-state index in [1.165, 1.54) is 12.8 Å². The Kier molecular flexibility index (Phi) is 8.93. The van der Waals surface area contributed by atoms with E-state index in [0.717, 1.165) is 23.7 Å². The van der Waals surface area contributed by atoms with Crippen molar-refractivity contribution in [3.8, 4) is 0 Å². The standard InChI is InChI=1S/C25H29Cl2N7O2/c1-15-9-22(34-25(31-15)30-6-2-8-35)33-21-12-18(5-7-29-21)32-24(36)23-19(26)10-17(11-20(23)27)14-28-13-16-3-4-16/h5,7,9-12,16,28,35H,2-4,6,8,13-14H2,1H3,(H3,29,30,31,32,33,34,36). The van der Waals surface area contributed by atoms with Gasteiger partial charge in [0.15, 0.2) is 0 Å². The number of hydrogen-bond acceptors (Lipinski definition) is 8. The number of pyridine rings is 1. The molecular formula is C25H29Cl2N7O2. The molecule has 0 bridgehead atoms. The van der Waals surface area contributed by atoms with E-state index in [1.54, 1.807) is 36.5 Å². The number of aromatic nitrogens is 3. The SMILES string of the molecule is Cc1cc(Nc2cc(NC(=O)c3c(Cl)cc(CNCC4CC4)cc3Cl)ccn2)nc(NCCCO)n1. The van der Waals surface area contributed by atoms with Crippen LogP contribution in [-0.2, 0) is 6.54 Å². The van der Waals surface area contributed by atoms with Gasteiger partial charge in [0, 0.05) is 49.4 Å². The molecule has 5 N–H and O–H groups in total. The number of aryl methyl sites for hydroxylation is 1. The minimum atomic E-state index is -0.409. The van der Waals surface area contributed by atoms with Gasteiger partial charge in [-0.15, -0.1) is 0 Å². The molecule has 0 aliphatic heterocycles. The molecule has 11 heteroatoms. The van der Waals surface area contributed by atoms with Crippen LogP contribution in [0.3, 0.4) is 0 Å². The Hall–Kier alpha value is -2.98. The van der Waals surface area contributed by atoms with Gasteiger partial charge in [-0.05, 0) is 62.4 Å². The molecule has 0 spiro atoms. The minimum Gasteiger partial charge on any atom is -0.396 e. The van der Waals surface area contributed by atoms with Crippen LogP contribution in [0, 0.1) is 12.8 Å². The zero-order valence-corrected chi connectivity index (χ0v) is 21.5. The summed E-state index contributed by atoms with van der Waals surface area (Å²) in [6, 6.07) is 8.68. The number of benzene rings is 1. The Balaban J connectivity index is 1.41. The van der Waals surface area contributed by atoms with Crippen molar-refractivity contribution >= 4 is 52.4 Å². The second-order valence-corrected chi connectivity index (χ2v) is 9.55. The molecule has 2 aromatic heterocycles. The first kappa shape index (κ1) is 26.1. The van der Waals surface area contributed by atoms with Gasteiger partial charge in [0.1, 0.15) is 11.6 Å². The summed E-state index contributed by atoms with van der Waals surface area (Å²) in [6.45, 7) is 4.13. The van der Waals surface area contributed by atoms with Crippen LogP contribution in [0.15, 0.2) is 36.5 Å². The Morgan fingerprint density at radius 3 is 2.61 bits per heavy atom. The second-order valence-electron chi connectivity index (χ2n) is 8.74. The molecule has 0 saturated heterocycles. The topological polar surface area (TPSA) is 124 Å². The van der Waals surface area contributed by atoms with Crippen molar-refractivity contribution in [1.82, 2.24) is 20.3 Å². The van der Waals surface area contributed by atoms with Crippen LogP contribution < -0.4 is 21.3 Å². The average molecular weight is 530 g/mol. The third-order valence-electron chi connectivity index (χ3n) is 5.53. The van der Waals surface area contributed by atoms with Crippen molar-refractivity contribution in [3.05, 3.63) is 63.4 Å². The Labute approximate surface area is 220 Å². The summed E-state index contributed by atoms with van der Waals surface area (Å²) in [6.07, 6.45) is 4.73. The maximum Gasteiger partial charge on any atom is 0.258 e. The average Bonchev–Trinajstić information content (AvgIpc) is 3.63. The van der Waals surface area contributed by atoms with Crippen LogP contribution in [0.2, 0.25) is 10.0 Å². The molecule has 1 saturated carbocycles. The third kappa shape index (κ3) is 7.51. The number of hydrogen-bond donors (Lipinski definition) is 5. The predicted molar refractivity (Wildman–Crippen MR) is 143 cm³/mol. The van der Waals surface area contributed by atoms with E-state index in [0.29, 0.717) is 52.8 Å². The fourth-order valence-electron chi connectivity index (χ4n) is 3.58. The molecule has 36 heavy (non-hydrogen) atoms. The summed E-state index contributed by atoms with van der Waals surface area (Å²) in [5.41, 5.74) is 2.44. The summed E-state index contributed by atoms with van der Waals surface area (Å²) in [4.78, 5) is 26.0. The minimum absolute atomic E-state index is 0.0878. The van der Waals surface area contributed by atoms with E-state index in [-0.39, 0.29) is 12.2 Å². The predicted octanol–water partition coefficient (Wildman–Crippen LogP) is 4.78. The van der Waals surface area contributed by atoms with Crippen molar-refractivity contribution in [2.75, 3.05) is 35.6 Å². The third-order valence-corrected chi connectivity index (χ3v) is 6.13. The molecule has 190 valence electrons. The fourth-order valence-corrected chi connectivity index (χ4v) is 4.28. The summed E-state index contributed by atoms with van der Waals surface area (Å²) < 4.78 is 0. The maximum atomic E-state index is 13.0. The lowest BCUT2D eigenvalue weighted by Crippen LogP contribution is -2.17. The fraction of sp³-hybridized carbons (Fsp3) is 0.360. The molecule has 1 aliphatic carbocycles. The first-order valence-corrected chi connectivity index (χ1v) is 12.6. The van der Waals surface area contributed by atoms with Gasteiger partial charge in [0.05, 0.1) is 15.6 Å². The molecule has 1 aromatic carbocycles. The van der Waals surface area contributed by atoms with E-state index in [2.05, 4.69) is 36.2 Å². The molecular weight excluding hydrogens is 501 g/mol. The number of carbonyl (C=O) groups is 1. The van der Waals surface area contributed by atoms with Crippen molar-refractivity contribution in [1.29, 1.82) is 0 Å². The van der Waals surface area contributed by atoms with Crippen LogP contribution >= 0.6 is 23.2 Å². The van der Waals surface area contributed by atoms with Crippen LogP contribution in [0.25, 0.3) is 0 Å². The van der Waals surface area contributed by atoms with Gasteiger partial charge in [0.25, 0.3) is 5.91 Å². The van der Waals surface area contributed by atoms with Gasteiger partial charge >= 0.3 is 0 Å². The molecule has 3 aromatic rings. The van der Waals surface area contributed by atoms with Gasteiger partial charge in [-0.3, -0.25) is 4.79 Å². The summed E-state index contributed by atoms with van der Waals surface area (Å²) in [5, 5.41) is 22.0. The van der Waals surface area contributed by atoms with Gasteiger partial charge < -0.3 is 26.4 Å². The highest BCUT2D eigenvalue weighted by atomic mass is 35.5. The van der Waals surface area contributed by atoms with Crippen molar-refractivity contribution in [2.45, 2.75) is 32.7 Å². The largest absolute Gasteiger partial charge is 0.396 e. The van der Waals surface area contributed by atoms with Gasteiger partial charge in [-0.1, -0.05) is 23.2 Å². The number of halogens is 2. The Bertz CT molecular complexity index is 1200. The highest BCUT2D eigenvalue weighted by Gasteiger charge is 2.21. The van der Waals surface area contributed by atoms with Crippen LogP contribution in [0.4, 0.5) is 23.3 Å². The molecule has 0 atom stereocenters. The normalized spacial score (nSPS) is 12.9. The quantitative estimate of drug-likeness (QED) is 0.212. The molecule has 1 aliphatic rings. The highest BCUT2D eigenvalue weighted by Crippen LogP contribution is 2.29. The lowest BCUT2D eigenvalue weighted by Gasteiger charge is -2.13. The highest BCUT2D eigenvalue weighted by molar-refractivity contribution is 6.40. The number of amides is 1. The number of carbonyl (C=O) groups excluding carboxylic acids is 1. The Morgan fingerprint density at radius 2 is 1.89 bits per heavy atom. The molecule has 4 rings (SSSR count). The van der Waals surface area contributed by atoms with Crippen LogP contribution in [0.1, 0.15) is 40.9 Å². The maximum absolute atomic E-state index is 13.0. The van der Waals surface area contributed by atoms with E-state index in [1.807, 2.05) is 6.92 Å². The lowest BCUT2D eigenvalue weighted by molar-refractivity contribution is 0.102. The molecule has 1 amide bonds. The number of nitrogens with zero attached hydrogens (tertiary/aromatic N) is 3. The smallest absolute Gasteiger partial charge is 0.258 e. The van der Waals surface area contributed by atoms with E-state index in [9.17, 15) is 4.79 Å². The second kappa shape index (κ2) is 12.3. The summed E-state index contributed by atoms with van der Waals surface area (Å²) in [7, 11) is 0. The first-order chi connectivity index (χ1) is 17.4. The molecule has 1 fully saturated rings. The lowest BCUT2D eigenvalue weighted by atomic mass is 10.1. The van der Waals surface area contributed by atoms with Gasteiger partial charge in [0.2, 0.25) is 5.95 Å². The van der Waals surface area contributed by atoms with E-state index < -0.39 is 5.91 Å². The monoisotopic (exact) mass is 529 g/mol. The molecule has 9 nitrogen and oxygen atoms in total. The van der Waals surface area contributed by atoms with Gasteiger partial charge in [-0.25, -0.2) is 9.97 Å². The molecule has 2 heterocycles. The van der Waals surface area contributed by atoms with Crippen molar-refractivity contribution < 1.29 is 9.90 Å². The van der Waals surface area contributed by atoms with Gasteiger partial charge in [-0.2, -0.15) is 4.98 Å². The van der Waals surface area contributed by atoms with E-state index in [4.69, 9.17) is 28.3 Å². The van der Waals surface area contributed by atoms with Crippen LogP contribution in [-0.4, -0.2) is 45.7 Å². The molecule has 0 unspecified atom stereocenters. The number of aliphatic hydroxyl groups is 1. The van der Waals surface area contributed by atoms with Crippen molar-refractivity contribution in [3.63, 3.8) is 0 Å². The molecule has 0 radical (unpaired) electrons. The van der Waals surface area contributed by atoms with E-state index >= 15 is 0 Å². The Morgan fingerprint density at radius 1 is 1.11 bits per heavy atom. The summed E-state index contributed by atoms with van der Waals surface area (Å²) >= 11 is 12.9. The number of rotatable bonds is 12.